The van der Waals surface area contributed by atoms with Crippen LogP contribution in [0.1, 0.15) is 17.2 Å². The second kappa shape index (κ2) is 5.64. The Labute approximate surface area is 130 Å². The SMILES string of the molecule is NC(c1ccc(Br)cc1)c1cc2c(cc1Cl)OCCO2. The molecule has 2 N–H and O–H groups in total. The van der Waals surface area contributed by atoms with Gasteiger partial charge in [-0.25, -0.2) is 0 Å². The highest BCUT2D eigenvalue weighted by molar-refractivity contribution is 9.10. The van der Waals surface area contributed by atoms with E-state index >= 15 is 0 Å². The molecule has 0 fully saturated rings. The topological polar surface area (TPSA) is 44.5 Å². The van der Waals surface area contributed by atoms with E-state index < -0.39 is 0 Å². The summed E-state index contributed by atoms with van der Waals surface area (Å²) in [5.74, 6) is 1.37. The van der Waals surface area contributed by atoms with Gasteiger partial charge in [0, 0.05) is 15.6 Å². The number of hydrogen-bond acceptors (Lipinski definition) is 3. The Hall–Kier alpha value is -1.23. The fourth-order valence-corrected chi connectivity index (χ4v) is 2.70. The fraction of sp³-hybridized carbons (Fsp3) is 0.200. The monoisotopic (exact) mass is 353 g/mol. The maximum absolute atomic E-state index is 6.31. The van der Waals surface area contributed by atoms with Crippen molar-refractivity contribution in [1.82, 2.24) is 0 Å². The molecule has 0 spiro atoms. The van der Waals surface area contributed by atoms with Gasteiger partial charge in [-0.1, -0.05) is 39.7 Å². The normalized spacial score (nSPS) is 14.9. The van der Waals surface area contributed by atoms with E-state index in [1.807, 2.05) is 30.3 Å². The zero-order chi connectivity index (χ0) is 14.1. The smallest absolute Gasteiger partial charge is 0.162 e. The number of fused-ring (bicyclic) bond motifs is 1. The lowest BCUT2D eigenvalue weighted by Gasteiger charge is -2.22. The highest BCUT2D eigenvalue weighted by Crippen LogP contribution is 2.38. The van der Waals surface area contributed by atoms with Crippen LogP contribution < -0.4 is 15.2 Å². The third-order valence-corrected chi connectivity index (χ3v) is 4.08. The van der Waals surface area contributed by atoms with Crippen LogP contribution in [-0.2, 0) is 0 Å². The van der Waals surface area contributed by atoms with Crippen molar-refractivity contribution in [3.05, 3.63) is 57.0 Å². The van der Waals surface area contributed by atoms with Gasteiger partial charge in [-0.2, -0.15) is 0 Å². The van der Waals surface area contributed by atoms with E-state index in [4.69, 9.17) is 26.8 Å². The molecule has 3 rings (SSSR count). The molecular weight excluding hydrogens is 342 g/mol. The van der Waals surface area contributed by atoms with E-state index in [9.17, 15) is 0 Å². The minimum atomic E-state index is -0.300. The van der Waals surface area contributed by atoms with Gasteiger partial charge in [0.15, 0.2) is 11.5 Å². The molecule has 1 heterocycles. The Morgan fingerprint density at radius 3 is 2.30 bits per heavy atom. The summed E-state index contributed by atoms with van der Waals surface area (Å²) < 4.78 is 12.1. The van der Waals surface area contributed by atoms with Crippen molar-refractivity contribution in [3.63, 3.8) is 0 Å². The standard InChI is InChI=1S/C15H13BrClNO2/c16-10-3-1-9(2-4-10)15(18)11-7-13-14(8-12(11)17)20-6-5-19-13/h1-4,7-8,15H,5-6,18H2. The molecule has 20 heavy (non-hydrogen) atoms. The summed E-state index contributed by atoms with van der Waals surface area (Å²) in [7, 11) is 0. The molecule has 1 aliphatic heterocycles. The highest BCUT2D eigenvalue weighted by atomic mass is 79.9. The molecule has 5 heteroatoms. The lowest BCUT2D eigenvalue weighted by molar-refractivity contribution is 0.171. The first-order valence-corrected chi connectivity index (χ1v) is 7.42. The average molecular weight is 355 g/mol. The maximum Gasteiger partial charge on any atom is 0.162 e. The zero-order valence-electron chi connectivity index (χ0n) is 10.6. The van der Waals surface area contributed by atoms with E-state index in [-0.39, 0.29) is 6.04 Å². The van der Waals surface area contributed by atoms with Gasteiger partial charge >= 0.3 is 0 Å². The third-order valence-electron chi connectivity index (χ3n) is 3.23. The maximum atomic E-state index is 6.31. The van der Waals surface area contributed by atoms with Crippen LogP contribution in [0.5, 0.6) is 11.5 Å². The Bertz CT molecular complexity index is 631. The molecule has 2 aromatic carbocycles. The van der Waals surface area contributed by atoms with E-state index in [1.54, 1.807) is 6.07 Å². The van der Waals surface area contributed by atoms with Crippen LogP contribution in [0.2, 0.25) is 5.02 Å². The van der Waals surface area contributed by atoms with Crippen LogP contribution in [0.15, 0.2) is 40.9 Å². The predicted molar refractivity (Wildman–Crippen MR) is 82.6 cm³/mol. The summed E-state index contributed by atoms with van der Waals surface area (Å²) in [6, 6.07) is 11.2. The fourth-order valence-electron chi connectivity index (χ4n) is 2.17. The summed E-state index contributed by atoms with van der Waals surface area (Å²) in [6.45, 7) is 1.09. The number of halogens is 2. The molecular formula is C15H13BrClNO2. The van der Waals surface area contributed by atoms with Crippen molar-refractivity contribution in [1.29, 1.82) is 0 Å². The zero-order valence-corrected chi connectivity index (χ0v) is 12.9. The van der Waals surface area contributed by atoms with E-state index in [0.717, 1.165) is 15.6 Å². The minimum Gasteiger partial charge on any atom is -0.486 e. The lowest BCUT2D eigenvalue weighted by Crippen LogP contribution is -2.17. The number of nitrogens with two attached hydrogens (primary N) is 1. The first-order valence-electron chi connectivity index (χ1n) is 6.25. The van der Waals surface area contributed by atoms with Crippen LogP contribution >= 0.6 is 27.5 Å². The number of rotatable bonds is 2. The quantitative estimate of drug-likeness (QED) is 0.889. The van der Waals surface area contributed by atoms with Crippen molar-refractivity contribution >= 4 is 27.5 Å². The van der Waals surface area contributed by atoms with E-state index in [0.29, 0.717) is 29.7 Å². The molecule has 1 aliphatic rings. The van der Waals surface area contributed by atoms with Crippen LogP contribution in [0, 0.1) is 0 Å². The summed E-state index contributed by atoms with van der Waals surface area (Å²) in [4.78, 5) is 0. The van der Waals surface area contributed by atoms with Crippen molar-refractivity contribution in [2.24, 2.45) is 5.73 Å². The van der Waals surface area contributed by atoms with Gasteiger partial charge in [0.05, 0.1) is 6.04 Å². The van der Waals surface area contributed by atoms with Gasteiger partial charge in [0.2, 0.25) is 0 Å². The first-order chi connectivity index (χ1) is 9.65. The predicted octanol–water partition coefficient (Wildman–Crippen LogP) is 3.92. The Balaban J connectivity index is 1.98. The molecule has 0 radical (unpaired) electrons. The van der Waals surface area contributed by atoms with Gasteiger partial charge in [-0.05, 0) is 29.3 Å². The Morgan fingerprint density at radius 2 is 1.65 bits per heavy atom. The van der Waals surface area contributed by atoms with Crippen LogP contribution in [0.25, 0.3) is 0 Å². The minimum absolute atomic E-state index is 0.300. The van der Waals surface area contributed by atoms with E-state index in [2.05, 4.69) is 15.9 Å². The molecule has 104 valence electrons. The summed E-state index contributed by atoms with van der Waals surface area (Å²) >= 11 is 9.72. The molecule has 2 aromatic rings. The molecule has 1 atom stereocenters. The largest absolute Gasteiger partial charge is 0.486 e. The Kier molecular flexibility index (Phi) is 3.87. The second-order valence-electron chi connectivity index (χ2n) is 4.55. The van der Waals surface area contributed by atoms with Crippen molar-refractivity contribution < 1.29 is 9.47 Å². The van der Waals surface area contributed by atoms with Gasteiger partial charge < -0.3 is 15.2 Å². The summed E-state index contributed by atoms with van der Waals surface area (Å²) in [5, 5.41) is 0.588. The summed E-state index contributed by atoms with van der Waals surface area (Å²) in [6.07, 6.45) is 0. The second-order valence-corrected chi connectivity index (χ2v) is 5.87. The van der Waals surface area contributed by atoms with Crippen molar-refractivity contribution in [3.8, 4) is 11.5 Å². The molecule has 0 aromatic heterocycles. The molecule has 0 saturated carbocycles. The molecule has 0 saturated heterocycles. The first kappa shape index (κ1) is 13.7. The highest BCUT2D eigenvalue weighted by Gasteiger charge is 2.19. The van der Waals surface area contributed by atoms with E-state index in [1.165, 1.54) is 0 Å². The molecule has 0 bridgehead atoms. The number of benzene rings is 2. The van der Waals surface area contributed by atoms with Gasteiger partial charge in [0.1, 0.15) is 13.2 Å². The number of hydrogen-bond donors (Lipinski definition) is 1. The molecule has 0 amide bonds. The third kappa shape index (κ3) is 2.64. The van der Waals surface area contributed by atoms with Gasteiger partial charge in [-0.3, -0.25) is 0 Å². The average Bonchev–Trinajstić information content (AvgIpc) is 2.46. The van der Waals surface area contributed by atoms with Crippen LogP contribution in [0.3, 0.4) is 0 Å². The molecule has 1 unspecified atom stereocenters. The van der Waals surface area contributed by atoms with Crippen molar-refractivity contribution in [2.45, 2.75) is 6.04 Å². The van der Waals surface area contributed by atoms with Crippen LogP contribution in [-0.4, -0.2) is 13.2 Å². The molecule has 3 nitrogen and oxygen atoms in total. The van der Waals surface area contributed by atoms with Crippen molar-refractivity contribution in [2.75, 3.05) is 13.2 Å². The van der Waals surface area contributed by atoms with Gasteiger partial charge in [0.25, 0.3) is 0 Å². The molecule has 0 aliphatic carbocycles. The lowest BCUT2D eigenvalue weighted by atomic mass is 9.99. The van der Waals surface area contributed by atoms with Gasteiger partial charge in [-0.15, -0.1) is 0 Å². The summed E-state index contributed by atoms with van der Waals surface area (Å²) in [5.41, 5.74) is 8.13. The number of ether oxygens (including phenoxy) is 2. The van der Waals surface area contributed by atoms with Crippen LogP contribution in [0.4, 0.5) is 0 Å². The Morgan fingerprint density at radius 1 is 1.05 bits per heavy atom.